The van der Waals surface area contributed by atoms with E-state index in [1.54, 1.807) is 19.1 Å². The van der Waals surface area contributed by atoms with Crippen molar-refractivity contribution < 1.29 is 13.2 Å². The van der Waals surface area contributed by atoms with E-state index in [0.717, 1.165) is 11.8 Å². The van der Waals surface area contributed by atoms with Crippen LogP contribution in [-0.2, 0) is 14.8 Å². The van der Waals surface area contributed by atoms with Crippen molar-refractivity contribution in [1.29, 1.82) is 0 Å². The lowest BCUT2D eigenvalue weighted by atomic mass is 10.2. The highest BCUT2D eigenvalue weighted by Gasteiger charge is 2.03. The average molecular weight is 226 g/mol. The second-order valence-electron chi connectivity index (χ2n) is 3.08. The molecule has 0 radical (unpaired) electrons. The monoisotopic (exact) mass is 226 g/mol. The molecule has 0 atom stereocenters. The van der Waals surface area contributed by atoms with Crippen molar-refractivity contribution in [3.63, 3.8) is 0 Å². The number of carbonyl (C=O) groups excluding carboxylic acids is 1. The van der Waals surface area contributed by atoms with Crippen molar-refractivity contribution in [2.45, 2.75) is 6.92 Å². The standard InChI is InChI=1S/C9H10N2O3S/c1-7-3-4-8(11-15(2,13)14)5-9(7)10-6-12/h3-5,11H,1-2H3. The van der Waals surface area contributed by atoms with Crippen molar-refractivity contribution >= 4 is 27.5 Å². The second kappa shape index (κ2) is 4.25. The summed E-state index contributed by atoms with van der Waals surface area (Å²) in [5.41, 5.74) is 1.55. The fourth-order valence-corrected chi connectivity index (χ4v) is 1.61. The summed E-state index contributed by atoms with van der Waals surface area (Å²) in [7, 11) is -3.31. The molecule has 0 fully saturated rings. The van der Waals surface area contributed by atoms with Gasteiger partial charge in [-0.15, -0.1) is 0 Å². The van der Waals surface area contributed by atoms with E-state index < -0.39 is 10.0 Å². The number of hydrogen-bond acceptors (Lipinski definition) is 4. The van der Waals surface area contributed by atoms with Crippen molar-refractivity contribution in [2.24, 2.45) is 4.99 Å². The quantitative estimate of drug-likeness (QED) is 0.624. The van der Waals surface area contributed by atoms with E-state index >= 15 is 0 Å². The summed E-state index contributed by atoms with van der Waals surface area (Å²) < 4.78 is 24.2. The highest BCUT2D eigenvalue weighted by atomic mass is 32.2. The van der Waals surface area contributed by atoms with Crippen LogP contribution >= 0.6 is 0 Å². The summed E-state index contributed by atoms with van der Waals surface area (Å²) in [4.78, 5) is 13.5. The molecule has 0 bridgehead atoms. The molecule has 0 amide bonds. The summed E-state index contributed by atoms with van der Waals surface area (Å²) in [6, 6.07) is 4.74. The molecule has 1 rings (SSSR count). The van der Waals surface area contributed by atoms with E-state index in [1.165, 1.54) is 12.1 Å². The van der Waals surface area contributed by atoms with Crippen LogP contribution in [0.1, 0.15) is 5.56 Å². The molecule has 0 aliphatic rings. The van der Waals surface area contributed by atoms with Crippen LogP contribution in [0.3, 0.4) is 0 Å². The number of anilines is 1. The largest absolute Gasteiger partial charge is 0.284 e. The predicted octanol–water partition coefficient (Wildman–Crippen LogP) is 1.33. The number of nitrogens with zero attached hydrogens (tertiary/aromatic N) is 1. The molecular weight excluding hydrogens is 216 g/mol. The van der Waals surface area contributed by atoms with Gasteiger partial charge in [-0.3, -0.25) is 4.72 Å². The maximum Gasteiger partial charge on any atom is 0.240 e. The van der Waals surface area contributed by atoms with Gasteiger partial charge in [0.25, 0.3) is 0 Å². The molecule has 15 heavy (non-hydrogen) atoms. The number of aliphatic imine (C=N–C) groups is 1. The van der Waals surface area contributed by atoms with Gasteiger partial charge in [0.15, 0.2) is 0 Å². The topological polar surface area (TPSA) is 75.6 Å². The molecule has 0 heterocycles. The van der Waals surface area contributed by atoms with E-state index in [1.807, 2.05) is 0 Å². The third-order valence-corrected chi connectivity index (χ3v) is 2.28. The zero-order chi connectivity index (χ0) is 11.5. The van der Waals surface area contributed by atoms with Gasteiger partial charge >= 0.3 is 0 Å². The Bertz CT molecular complexity index is 516. The Morgan fingerprint density at radius 3 is 2.60 bits per heavy atom. The van der Waals surface area contributed by atoms with Crippen LogP contribution in [0, 0.1) is 6.92 Å². The Morgan fingerprint density at radius 1 is 1.40 bits per heavy atom. The van der Waals surface area contributed by atoms with Crippen LogP contribution in [0.25, 0.3) is 0 Å². The second-order valence-corrected chi connectivity index (χ2v) is 4.83. The Morgan fingerprint density at radius 2 is 2.07 bits per heavy atom. The lowest BCUT2D eigenvalue weighted by molar-refractivity contribution is 0.565. The highest BCUT2D eigenvalue weighted by Crippen LogP contribution is 2.22. The number of benzene rings is 1. The molecule has 0 spiro atoms. The van der Waals surface area contributed by atoms with Gasteiger partial charge in [0.1, 0.15) is 0 Å². The molecule has 0 saturated heterocycles. The molecule has 0 aliphatic carbocycles. The molecule has 80 valence electrons. The zero-order valence-electron chi connectivity index (χ0n) is 8.31. The van der Waals surface area contributed by atoms with E-state index in [0.29, 0.717) is 11.4 Å². The minimum absolute atomic E-state index is 0.372. The van der Waals surface area contributed by atoms with Crippen molar-refractivity contribution in [1.82, 2.24) is 0 Å². The van der Waals surface area contributed by atoms with Gasteiger partial charge < -0.3 is 0 Å². The number of sulfonamides is 1. The first kappa shape index (κ1) is 11.4. The Labute approximate surface area is 87.9 Å². The third-order valence-electron chi connectivity index (χ3n) is 1.68. The molecular formula is C9H10N2O3S. The third kappa shape index (κ3) is 3.53. The minimum atomic E-state index is -3.31. The smallest absolute Gasteiger partial charge is 0.240 e. The number of aryl methyl sites for hydroxylation is 1. The van der Waals surface area contributed by atoms with E-state index in [-0.39, 0.29) is 0 Å². The fraction of sp³-hybridized carbons (Fsp3) is 0.222. The first-order valence-corrected chi connectivity index (χ1v) is 5.98. The van der Waals surface area contributed by atoms with Crippen LogP contribution in [0.15, 0.2) is 23.2 Å². The van der Waals surface area contributed by atoms with Crippen LogP contribution in [-0.4, -0.2) is 20.8 Å². The maximum atomic E-state index is 10.9. The van der Waals surface area contributed by atoms with E-state index in [9.17, 15) is 13.2 Å². The van der Waals surface area contributed by atoms with Crippen LogP contribution in [0.4, 0.5) is 11.4 Å². The van der Waals surface area contributed by atoms with Gasteiger partial charge in [-0.25, -0.2) is 13.2 Å². The highest BCUT2D eigenvalue weighted by molar-refractivity contribution is 7.92. The number of isocyanates is 1. The van der Waals surface area contributed by atoms with Crippen molar-refractivity contribution in [3.05, 3.63) is 23.8 Å². The first-order valence-electron chi connectivity index (χ1n) is 4.09. The molecule has 6 heteroatoms. The lowest BCUT2D eigenvalue weighted by Crippen LogP contribution is -2.09. The molecule has 0 aliphatic heterocycles. The Balaban J connectivity index is 3.13. The molecule has 1 aromatic carbocycles. The summed E-state index contributed by atoms with van der Waals surface area (Å²) in [5, 5.41) is 0. The predicted molar refractivity (Wildman–Crippen MR) is 57.4 cm³/mol. The average Bonchev–Trinajstić information content (AvgIpc) is 2.09. The van der Waals surface area contributed by atoms with Gasteiger partial charge in [-0.1, -0.05) is 6.07 Å². The molecule has 5 nitrogen and oxygen atoms in total. The van der Waals surface area contributed by atoms with Crippen molar-refractivity contribution in [2.75, 3.05) is 11.0 Å². The molecule has 1 aromatic rings. The number of hydrogen-bond donors (Lipinski definition) is 1. The normalized spacial score (nSPS) is 10.5. The summed E-state index contributed by atoms with van der Waals surface area (Å²) in [5.74, 6) is 0. The van der Waals surface area contributed by atoms with Crippen LogP contribution in [0.5, 0.6) is 0 Å². The maximum absolute atomic E-state index is 10.9. The fourth-order valence-electron chi connectivity index (χ4n) is 1.06. The lowest BCUT2D eigenvalue weighted by Gasteiger charge is -2.05. The number of rotatable bonds is 3. The molecule has 0 aromatic heterocycles. The molecule has 0 unspecified atom stereocenters. The first-order chi connectivity index (χ1) is 6.92. The zero-order valence-corrected chi connectivity index (χ0v) is 9.13. The molecule has 1 N–H and O–H groups in total. The number of nitrogens with one attached hydrogen (secondary N) is 1. The van der Waals surface area contributed by atoms with Crippen LogP contribution in [0.2, 0.25) is 0 Å². The summed E-state index contributed by atoms with van der Waals surface area (Å²) >= 11 is 0. The minimum Gasteiger partial charge on any atom is -0.284 e. The van der Waals surface area contributed by atoms with E-state index in [4.69, 9.17) is 0 Å². The van der Waals surface area contributed by atoms with E-state index in [2.05, 4.69) is 9.71 Å². The molecule has 0 saturated carbocycles. The van der Waals surface area contributed by atoms with Crippen molar-refractivity contribution in [3.8, 4) is 0 Å². The van der Waals surface area contributed by atoms with Crippen LogP contribution < -0.4 is 4.72 Å². The Hall–Kier alpha value is -1.65. The Kier molecular flexibility index (Phi) is 3.24. The van der Waals surface area contributed by atoms with Gasteiger partial charge in [0.2, 0.25) is 16.1 Å². The van der Waals surface area contributed by atoms with Gasteiger partial charge in [0, 0.05) is 0 Å². The van der Waals surface area contributed by atoms with Gasteiger partial charge in [-0.05, 0) is 24.6 Å². The summed E-state index contributed by atoms with van der Waals surface area (Å²) in [6.45, 7) is 1.76. The summed E-state index contributed by atoms with van der Waals surface area (Å²) in [6.07, 6.45) is 2.46. The van der Waals surface area contributed by atoms with Gasteiger partial charge in [0.05, 0.1) is 17.6 Å². The SMILES string of the molecule is Cc1ccc(NS(C)(=O)=O)cc1N=C=O. The van der Waals surface area contributed by atoms with Gasteiger partial charge in [-0.2, -0.15) is 4.99 Å².